The molecule has 0 saturated carbocycles. The third-order valence-electron chi connectivity index (χ3n) is 5.42. The molecule has 29 heavy (non-hydrogen) atoms. The van der Waals surface area contributed by atoms with Crippen molar-refractivity contribution in [2.45, 2.75) is 76.1 Å². The largest absolute Gasteiger partial charge is 0.451 e. The molecule has 0 aliphatic carbocycles. The van der Waals surface area contributed by atoms with Crippen molar-refractivity contribution in [2.24, 2.45) is 4.99 Å². The highest BCUT2D eigenvalue weighted by molar-refractivity contribution is 7.90. The van der Waals surface area contributed by atoms with E-state index in [9.17, 15) is 18.0 Å². The molecule has 2 heterocycles. The molecule has 9 heteroatoms. The average Bonchev–Trinajstić information content (AvgIpc) is 2.92. The lowest BCUT2D eigenvalue weighted by atomic mass is 9.97. The van der Waals surface area contributed by atoms with Crippen molar-refractivity contribution in [2.75, 3.05) is 0 Å². The van der Waals surface area contributed by atoms with Gasteiger partial charge < -0.3 is 9.64 Å². The summed E-state index contributed by atoms with van der Waals surface area (Å²) in [5.41, 5.74) is 0.409. The Morgan fingerprint density at radius 1 is 1.17 bits per heavy atom. The number of amides is 1. The molecule has 0 bridgehead atoms. The first-order valence-electron chi connectivity index (χ1n) is 9.84. The second-order valence-electron chi connectivity index (χ2n) is 7.71. The lowest BCUT2D eigenvalue weighted by molar-refractivity contribution is -0.162. The first-order valence-corrected chi connectivity index (χ1v) is 11.3. The second-order valence-corrected chi connectivity index (χ2v) is 9.36. The Balaban J connectivity index is 1.70. The average molecular weight is 422 g/mol. The summed E-state index contributed by atoms with van der Waals surface area (Å²) in [7, 11) is -3.68. The van der Waals surface area contributed by atoms with Crippen LogP contribution in [0, 0.1) is 0 Å². The second kappa shape index (κ2) is 8.14. The first-order chi connectivity index (χ1) is 13.6. The van der Waals surface area contributed by atoms with Crippen molar-refractivity contribution < 1.29 is 22.7 Å². The standard InChI is InChI=1S/C20H27N3O5S/c1-12-8-7-9-13(2)23(12)19(24)15(4)28-20(25)14(3)21-18-16-10-5-6-11-17(16)29(26,27)22-18/h5-6,10-15H,7-9H2,1-4H3,(H,21,22)/t12-,13+,14-,15+/m0/s1. The molecule has 1 N–H and O–H groups in total. The number of sulfonamides is 1. The van der Waals surface area contributed by atoms with Crippen molar-refractivity contribution in [1.82, 2.24) is 9.62 Å². The number of likely N-dealkylation sites (tertiary alicyclic amines) is 1. The fraction of sp³-hybridized carbons (Fsp3) is 0.550. The van der Waals surface area contributed by atoms with Crippen LogP contribution in [0.3, 0.4) is 0 Å². The summed E-state index contributed by atoms with van der Waals surface area (Å²) in [4.78, 5) is 31.4. The molecule has 3 rings (SSSR count). The summed E-state index contributed by atoms with van der Waals surface area (Å²) < 4.78 is 32.0. The van der Waals surface area contributed by atoms with E-state index >= 15 is 0 Å². The van der Waals surface area contributed by atoms with Gasteiger partial charge >= 0.3 is 5.97 Å². The lowest BCUT2D eigenvalue weighted by Crippen LogP contribution is -2.51. The summed E-state index contributed by atoms with van der Waals surface area (Å²) in [6.07, 6.45) is 2.01. The number of esters is 1. The summed E-state index contributed by atoms with van der Waals surface area (Å²) in [5.74, 6) is -0.800. The van der Waals surface area contributed by atoms with Crippen molar-refractivity contribution >= 4 is 27.7 Å². The van der Waals surface area contributed by atoms with Gasteiger partial charge in [-0.3, -0.25) is 14.5 Å². The molecule has 1 aromatic carbocycles. The quantitative estimate of drug-likeness (QED) is 0.747. The van der Waals surface area contributed by atoms with Gasteiger partial charge in [-0.15, -0.1) is 0 Å². The van der Waals surface area contributed by atoms with Crippen molar-refractivity contribution in [3.63, 3.8) is 0 Å². The summed E-state index contributed by atoms with van der Waals surface area (Å²) in [5, 5.41) is 0. The van der Waals surface area contributed by atoms with Gasteiger partial charge in [0.15, 0.2) is 6.10 Å². The van der Waals surface area contributed by atoms with Crippen LogP contribution in [0.15, 0.2) is 34.2 Å². The van der Waals surface area contributed by atoms with Gasteiger partial charge in [0.1, 0.15) is 11.9 Å². The zero-order chi connectivity index (χ0) is 21.3. The van der Waals surface area contributed by atoms with Crippen molar-refractivity contribution in [3.05, 3.63) is 29.8 Å². The highest BCUT2D eigenvalue weighted by atomic mass is 32.2. The summed E-state index contributed by atoms with van der Waals surface area (Å²) in [6.45, 7) is 7.07. The number of nitrogens with one attached hydrogen (secondary N) is 1. The molecule has 158 valence electrons. The van der Waals surface area contributed by atoms with Gasteiger partial charge in [-0.2, -0.15) is 0 Å². The van der Waals surface area contributed by atoms with Gasteiger partial charge in [-0.05, 0) is 59.1 Å². The van der Waals surface area contributed by atoms with Crippen LogP contribution in [-0.2, 0) is 24.3 Å². The van der Waals surface area contributed by atoms with Crippen LogP contribution < -0.4 is 4.72 Å². The maximum atomic E-state index is 12.8. The molecule has 0 spiro atoms. The fourth-order valence-corrected chi connectivity index (χ4v) is 5.10. The third kappa shape index (κ3) is 4.29. The number of amidine groups is 1. The van der Waals surface area contributed by atoms with Crippen molar-refractivity contribution in [1.29, 1.82) is 0 Å². The maximum Gasteiger partial charge on any atom is 0.331 e. The molecular formula is C20H27N3O5S. The number of rotatable bonds is 4. The minimum atomic E-state index is -3.68. The zero-order valence-electron chi connectivity index (χ0n) is 17.1. The molecule has 0 aromatic heterocycles. The summed E-state index contributed by atoms with van der Waals surface area (Å²) in [6, 6.07) is 5.66. The first kappa shape index (κ1) is 21.3. The number of carbonyl (C=O) groups excluding carboxylic acids is 2. The smallest absolute Gasteiger partial charge is 0.331 e. The molecular weight excluding hydrogens is 394 g/mol. The van der Waals surface area contributed by atoms with Gasteiger partial charge in [0.2, 0.25) is 0 Å². The number of piperidine rings is 1. The Hall–Kier alpha value is -2.42. The van der Waals surface area contributed by atoms with Crippen LogP contribution in [0.25, 0.3) is 0 Å². The van der Waals surface area contributed by atoms with E-state index in [-0.39, 0.29) is 28.7 Å². The normalized spacial score (nSPS) is 26.3. The van der Waals surface area contributed by atoms with Crippen LogP contribution in [-0.4, -0.2) is 55.3 Å². The minimum absolute atomic E-state index is 0.0994. The maximum absolute atomic E-state index is 12.8. The van der Waals surface area contributed by atoms with Gasteiger partial charge in [-0.25, -0.2) is 13.2 Å². The van der Waals surface area contributed by atoms with E-state index in [1.54, 1.807) is 30.0 Å². The monoisotopic (exact) mass is 421 g/mol. The van der Waals surface area contributed by atoms with E-state index in [4.69, 9.17) is 4.74 Å². The molecule has 1 aromatic rings. The zero-order valence-corrected chi connectivity index (χ0v) is 17.9. The molecule has 1 saturated heterocycles. The number of hydrogen-bond donors (Lipinski definition) is 1. The molecule has 0 unspecified atom stereocenters. The highest BCUT2D eigenvalue weighted by Crippen LogP contribution is 2.24. The Morgan fingerprint density at radius 2 is 1.79 bits per heavy atom. The molecule has 0 radical (unpaired) electrons. The van der Waals surface area contributed by atoms with Crippen LogP contribution in [0.5, 0.6) is 0 Å². The van der Waals surface area contributed by atoms with Crippen LogP contribution >= 0.6 is 0 Å². The molecule has 4 atom stereocenters. The SMILES string of the molecule is C[C@H](N=C1NS(=O)(=O)c2ccccc21)C(=O)O[C@H](C)C(=O)N1[C@H](C)CCC[C@@H]1C. The number of nitrogens with zero attached hydrogens (tertiary/aromatic N) is 2. The summed E-state index contributed by atoms with van der Waals surface area (Å²) >= 11 is 0. The number of carbonyl (C=O) groups is 2. The number of hydrogen-bond acceptors (Lipinski definition) is 6. The number of ether oxygens (including phenoxy) is 1. The van der Waals surface area contributed by atoms with Crippen molar-refractivity contribution in [3.8, 4) is 0 Å². The minimum Gasteiger partial charge on any atom is -0.451 e. The number of benzene rings is 1. The molecule has 8 nitrogen and oxygen atoms in total. The predicted octanol–water partition coefficient (Wildman–Crippen LogP) is 1.83. The van der Waals surface area contributed by atoms with Crippen LogP contribution in [0.1, 0.15) is 52.5 Å². The van der Waals surface area contributed by atoms with Gasteiger partial charge in [0.25, 0.3) is 15.9 Å². The predicted molar refractivity (Wildman–Crippen MR) is 108 cm³/mol. The molecule has 1 fully saturated rings. The van der Waals surface area contributed by atoms with E-state index in [2.05, 4.69) is 9.71 Å². The Labute approximate surface area is 171 Å². The van der Waals surface area contributed by atoms with Crippen LogP contribution in [0.2, 0.25) is 0 Å². The lowest BCUT2D eigenvalue weighted by Gasteiger charge is -2.40. The van der Waals surface area contributed by atoms with E-state index in [0.29, 0.717) is 5.56 Å². The number of fused-ring (bicyclic) bond motifs is 1. The highest BCUT2D eigenvalue weighted by Gasteiger charge is 2.35. The molecule has 2 aliphatic rings. The number of aliphatic imine (C=N–C) groups is 1. The van der Waals surface area contributed by atoms with Gasteiger partial charge in [0.05, 0.1) is 4.90 Å². The Morgan fingerprint density at radius 3 is 2.45 bits per heavy atom. The van der Waals surface area contributed by atoms with Gasteiger partial charge in [-0.1, -0.05) is 12.1 Å². The fourth-order valence-electron chi connectivity index (χ4n) is 3.86. The van der Waals surface area contributed by atoms with E-state index in [1.165, 1.54) is 13.0 Å². The van der Waals surface area contributed by atoms with E-state index in [0.717, 1.165) is 19.3 Å². The molecule has 2 aliphatic heterocycles. The topological polar surface area (TPSA) is 105 Å². The third-order valence-corrected chi connectivity index (χ3v) is 6.81. The van der Waals surface area contributed by atoms with Crippen LogP contribution in [0.4, 0.5) is 0 Å². The molecule has 1 amide bonds. The van der Waals surface area contributed by atoms with Gasteiger partial charge in [0, 0.05) is 17.6 Å². The Bertz CT molecular complexity index is 933. The van der Waals surface area contributed by atoms with E-state index < -0.39 is 28.1 Å². The van der Waals surface area contributed by atoms with E-state index in [1.807, 2.05) is 13.8 Å². The Kier molecular flexibility index (Phi) is 5.97.